The molecule has 4 heteroatoms. The lowest BCUT2D eigenvalue weighted by Crippen LogP contribution is -2.31. The van der Waals surface area contributed by atoms with Crippen molar-refractivity contribution in [3.05, 3.63) is 29.8 Å². The van der Waals surface area contributed by atoms with E-state index in [1.54, 1.807) is 19.2 Å². The van der Waals surface area contributed by atoms with E-state index in [4.69, 9.17) is 9.47 Å². The molecule has 1 N–H and O–H groups in total. The molecule has 0 atom stereocenters. The molecule has 1 fully saturated rings. The molecule has 0 spiro atoms. The Labute approximate surface area is 133 Å². The minimum atomic E-state index is -0.215. The minimum absolute atomic E-state index is 0.0482. The van der Waals surface area contributed by atoms with E-state index >= 15 is 0 Å². The van der Waals surface area contributed by atoms with Crippen LogP contribution in [0.3, 0.4) is 0 Å². The Balaban J connectivity index is 1.83. The van der Waals surface area contributed by atoms with Crippen LogP contribution in [0, 0.1) is 5.41 Å². The van der Waals surface area contributed by atoms with Crippen molar-refractivity contribution >= 4 is 11.7 Å². The third-order valence-electron chi connectivity index (χ3n) is 4.73. The molecule has 1 aliphatic carbocycles. The quantitative estimate of drug-likeness (QED) is 0.811. The van der Waals surface area contributed by atoms with E-state index in [9.17, 15) is 4.79 Å². The van der Waals surface area contributed by atoms with Crippen LogP contribution in [-0.4, -0.2) is 32.8 Å². The molecule has 2 rings (SSSR count). The van der Waals surface area contributed by atoms with Gasteiger partial charge in [-0.05, 0) is 61.8 Å². The van der Waals surface area contributed by atoms with Crippen LogP contribution >= 0.6 is 0 Å². The van der Waals surface area contributed by atoms with Gasteiger partial charge in [0.2, 0.25) is 0 Å². The molecule has 4 nitrogen and oxygen atoms in total. The van der Waals surface area contributed by atoms with Crippen LogP contribution in [0.1, 0.15) is 49.4 Å². The number of nitrogens with one attached hydrogen (secondary N) is 1. The lowest BCUT2D eigenvalue weighted by molar-refractivity contribution is 0.00245. The van der Waals surface area contributed by atoms with Gasteiger partial charge in [-0.1, -0.05) is 6.92 Å². The van der Waals surface area contributed by atoms with E-state index in [0.29, 0.717) is 11.0 Å². The molecule has 0 heterocycles. The van der Waals surface area contributed by atoms with Gasteiger partial charge in [0.15, 0.2) is 0 Å². The first kappa shape index (κ1) is 16.8. The summed E-state index contributed by atoms with van der Waals surface area (Å²) in [6.07, 6.45) is 5.20. The van der Waals surface area contributed by atoms with Gasteiger partial charge in [-0.25, -0.2) is 4.79 Å². The topological polar surface area (TPSA) is 47.6 Å². The summed E-state index contributed by atoms with van der Waals surface area (Å²) in [6.45, 7) is 3.11. The highest BCUT2D eigenvalue weighted by molar-refractivity contribution is 5.89. The highest BCUT2D eigenvalue weighted by atomic mass is 16.5. The predicted molar refractivity (Wildman–Crippen MR) is 88.3 cm³/mol. The molecule has 22 heavy (non-hydrogen) atoms. The van der Waals surface area contributed by atoms with Crippen molar-refractivity contribution < 1.29 is 14.3 Å². The molecule has 0 aromatic heterocycles. The van der Waals surface area contributed by atoms with Crippen LogP contribution in [0.2, 0.25) is 0 Å². The maximum Gasteiger partial charge on any atom is 0.338 e. The third-order valence-corrected chi connectivity index (χ3v) is 4.73. The van der Waals surface area contributed by atoms with Gasteiger partial charge >= 0.3 is 5.97 Å². The Hall–Kier alpha value is -1.55. The molecule has 122 valence electrons. The molecule has 0 radical (unpaired) electrons. The molecule has 0 unspecified atom stereocenters. The third kappa shape index (κ3) is 4.47. The molecule has 0 saturated heterocycles. The van der Waals surface area contributed by atoms with E-state index in [2.05, 4.69) is 12.2 Å². The molecule has 1 aromatic carbocycles. The fourth-order valence-corrected chi connectivity index (χ4v) is 3.00. The van der Waals surface area contributed by atoms with Crippen molar-refractivity contribution in [1.82, 2.24) is 0 Å². The van der Waals surface area contributed by atoms with E-state index in [0.717, 1.165) is 44.4 Å². The van der Waals surface area contributed by atoms with Crippen molar-refractivity contribution in [2.24, 2.45) is 5.41 Å². The van der Waals surface area contributed by atoms with Gasteiger partial charge in [0, 0.05) is 26.5 Å². The fraction of sp³-hybridized carbons (Fsp3) is 0.611. The van der Waals surface area contributed by atoms with Crippen molar-refractivity contribution in [3.63, 3.8) is 0 Å². The van der Waals surface area contributed by atoms with Gasteiger partial charge in [-0.3, -0.25) is 0 Å². The predicted octanol–water partition coefficient (Wildman–Crippen LogP) is 3.87. The standard InChI is InChI=1S/C18H27NO3/c1-18(12-13-21-3)10-8-16(9-11-18)22-17(20)14-4-6-15(19-2)7-5-14/h4-7,16,19H,8-13H2,1-3H3. The molecule has 1 saturated carbocycles. The second kappa shape index (κ2) is 7.63. The minimum Gasteiger partial charge on any atom is -0.459 e. The number of hydrogen-bond acceptors (Lipinski definition) is 4. The summed E-state index contributed by atoms with van der Waals surface area (Å²) in [4.78, 5) is 12.2. The zero-order chi connectivity index (χ0) is 16.0. The number of carbonyl (C=O) groups is 1. The SMILES string of the molecule is CNc1ccc(C(=O)OC2CCC(C)(CCOC)CC2)cc1. The van der Waals surface area contributed by atoms with Gasteiger partial charge in [-0.2, -0.15) is 0 Å². The van der Waals surface area contributed by atoms with Gasteiger partial charge in [0.1, 0.15) is 6.10 Å². The lowest BCUT2D eigenvalue weighted by Gasteiger charge is -2.37. The maximum atomic E-state index is 12.2. The Morgan fingerprint density at radius 2 is 1.91 bits per heavy atom. The first-order valence-corrected chi connectivity index (χ1v) is 8.04. The molecular formula is C18H27NO3. The highest BCUT2D eigenvalue weighted by Gasteiger charge is 2.32. The van der Waals surface area contributed by atoms with Crippen molar-refractivity contribution in [3.8, 4) is 0 Å². The fourth-order valence-electron chi connectivity index (χ4n) is 3.00. The summed E-state index contributed by atoms with van der Waals surface area (Å²) in [5, 5.41) is 3.04. The summed E-state index contributed by atoms with van der Waals surface area (Å²) >= 11 is 0. The van der Waals surface area contributed by atoms with Gasteiger partial charge < -0.3 is 14.8 Å². The summed E-state index contributed by atoms with van der Waals surface area (Å²) < 4.78 is 10.8. The smallest absolute Gasteiger partial charge is 0.338 e. The van der Waals surface area contributed by atoms with Gasteiger partial charge in [0.25, 0.3) is 0 Å². The van der Waals surface area contributed by atoms with Crippen LogP contribution in [0.25, 0.3) is 0 Å². The van der Waals surface area contributed by atoms with Crippen LogP contribution < -0.4 is 5.32 Å². The molecule has 0 bridgehead atoms. The molecule has 0 aliphatic heterocycles. The van der Waals surface area contributed by atoms with E-state index in [1.165, 1.54) is 0 Å². The Bertz CT molecular complexity index is 476. The van der Waals surface area contributed by atoms with Crippen LogP contribution in [-0.2, 0) is 9.47 Å². The number of carbonyl (C=O) groups excluding carboxylic acids is 1. The molecular weight excluding hydrogens is 278 g/mol. The van der Waals surface area contributed by atoms with E-state index in [-0.39, 0.29) is 12.1 Å². The summed E-state index contributed by atoms with van der Waals surface area (Å²) in [7, 11) is 3.60. The normalized spacial score (nSPS) is 24.8. The molecule has 1 aliphatic rings. The average Bonchev–Trinajstić information content (AvgIpc) is 2.55. The van der Waals surface area contributed by atoms with E-state index in [1.807, 2.05) is 19.2 Å². The summed E-state index contributed by atoms with van der Waals surface area (Å²) in [5.74, 6) is -0.215. The van der Waals surface area contributed by atoms with Gasteiger partial charge in [0.05, 0.1) is 5.56 Å². The lowest BCUT2D eigenvalue weighted by atomic mass is 9.73. The average molecular weight is 305 g/mol. The zero-order valence-electron chi connectivity index (χ0n) is 13.9. The second-order valence-electron chi connectivity index (χ2n) is 6.49. The van der Waals surface area contributed by atoms with Crippen molar-refractivity contribution in [2.75, 3.05) is 26.1 Å². The zero-order valence-corrected chi connectivity index (χ0v) is 13.9. The number of methoxy groups -OCH3 is 1. The van der Waals surface area contributed by atoms with Crippen molar-refractivity contribution in [2.45, 2.75) is 45.1 Å². The number of ether oxygens (including phenoxy) is 2. The number of benzene rings is 1. The number of anilines is 1. The first-order chi connectivity index (χ1) is 10.6. The largest absolute Gasteiger partial charge is 0.459 e. The van der Waals surface area contributed by atoms with Crippen molar-refractivity contribution in [1.29, 1.82) is 0 Å². The highest BCUT2D eigenvalue weighted by Crippen LogP contribution is 2.39. The molecule has 1 aromatic rings. The first-order valence-electron chi connectivity index (χ1n) is 8.04. The monoisotopic (exact) mass is 305 g/mol. The molecule has 0 amide bonds. The maximum absolute atomic E-state index is 12.2. The number of hydrogen-bond donors (Lipinski definition) is 1. The summed E-state index contributed by atoms with van der Waals surface area (Å²) in [6, 6.07) is 7.39. The Morgan fingerprint density at radius 1 is 1.27 bits per heavy atom. The van der Waals surface area contributed by atoms with Gasteiger partial charge in [-0.15, -0.1) is 0 Å². The van der Waals surface area contributed by atoms with Crippen LogP contribution in [0.4, 0.5) is 5.69 Å². The Kier molecular flexibility index (Phi) is 5.83. The van der Waals surface area contributed by atoms with E-state index < -0.39 is 0 Å². The number of esters is 1. The van der Waals surface area contributed by atoms with Crippen LogP contribution in [0.5, 0.6) is 0 Å². The second-order valence-corrected chi connectivity index (χ2v) is 6.49. The number of rotatable bonds is 6. The Morgan fingerprint density at radius 3 is 2.45 bits per heavy atom. The van der Waals surface area contributed by atoms with Crippen LogP contribution in [0.15, 0.2) is 24.3 Å². The summed E-state index contributed by atoms with van der Waals surface area (Å²) in [5.41, 5.74) is 1.93.